The summed E-state index contributed by atoms with van der Waals surface area (Å²) in [6.07, 6.45) is -6.45. The highest BCUT2D eigenvalue weighted by Gasteiger charge is 2.72. The number of alkyl halides is 7. The van der Waals surface area contributed by atoms with Gasteiger partial charge < -0.3 is 5.32 Å². The Balaban J connectivity index is 1.99. The number of aromatic nitrogens is 2. The maximum absolute atomic E-state index is 14.5. The average molecular weight is 444 g/mol. The van der Waals surface area contributed by atoms with Crippen LogP contribution in [0.2, 0.25) is 5.02 Å². The first-order chi connectivity index (χ1) is 13.4. The van der Waals surface area contributed by atoms with E-state index in [4.69, 9.17) is 11.6 Å². The fourth-order valence-electron chi connectivity index (χ4n) is 2.57. The van der Waals surface area contributed by atoms with Crippen LogP contribution in [0.4, 0.5) is 40.9 Å². The first-order valence-electron chi connectivity index (χ1n) is 7.84. The zero-order chi connectivity index (χ0) is 21.6. The zero-order valence-corrected chi connectivity index (χ0v) is 14.8. The molecule has 0 atom stereocenters. The van der Waals surface area contributed by atoms with E-state index in [-0.39, 0.29) is 21.5 Å². The Hall–Kier alpha value is -2.56. The van der Waals surface area contributed by atoms with Gasteiger partial charge in [0, 0.05) is 10.9 Å². The summed E-state index contributed by atoms with van der Waals surface area (Å²) in [6.45, 7) is -2.09. The number of rotatable bonds is 5. The Morgan fingerprint density at radius 1 is 1.00 bits per heavy atom. The van der Waals surface area contributed by atoms with Crippen LogP contribution in [0.3, 0.4) is 0 Å². The second-order valence-electron chi connectivity index (χ2n) is 6.04. The third-order valence-electron chi connectivity index (χ3n) is 4.12. The minimum absolute atomic E-state index is 0.147. The summed E-state index contributed by atoms with van der Waals surface area (Å²) in [6, 6.07) is 9.35. The van der Waals surface area contributed by atoms with Crippen molar-refractivity contribution in [3.8, 4) is 11.1 Å². The van der Waals surface area contributed by atoms with Crippen molar-refractivity contribution in [2.45, 2.75) is 18.0 Å². The summed E-state index contributed by atoms with van der Waals surface area (Å²) in [5.41, 5.74) is 0.275. The van der Waals surface area contributed by atoms with Crippen LogP contribution < -0.4 is 5.32 Å². The van der Waals surface area contributed by atoms with Gasteiger partial charge >= 0.3 is 18.0 Å². The van der Waals surface area contributed by atoms with Crippen molar-refractivity contribution in [2.75, 3.05) is 11.9 Å². The number of nitrogens with one attached hydrogen (secondary N) is 2. The standard InChI is InChI=1S/C17H10ClF8N3/c18-11-9(8-4-2-1-3-5-8)6-10-13(12(11)19)28-29-14(10)27-7-15(20,21)16(22,23)17(24,25)26/h1-6H,7H2,(H2,27,28,29). The van der Waals surface area contributed by atoms with Gasteiger partial charge in [-0.05, 0) is 11.6 Å². The molecule has 0 bridgehead atoms. The van der Waals surface area contributed by atoms with Gasteiger partial charge in [0.2, 0.25) is 0 Å². The molecule has 1 heterocycles. The molecule has 0 radical (unpaired) electrons. The molecule has 0 fully saturated rings. The lowest BCUT2D eigenvalue weighted by Crippen LogP contribution is -2.55. The number of nitrogens with zero attached hydrogens (tertiary/aromatic N) is 1. The highest BCUT2D eigenvalue weighted by Crippen LogP contribution is 2.46. The fraction of sp³-hybridized carbons (Fsp3) is 0.235. The average Bonchev–Trinajstić information content (AvgIpc) is 3.06. The monoisotopic (exact) mass is 443 g/mol. The van der Waals surface area contributed by atoms with Crippen molar-refractivity contribution in [1.29, 1.82) is 0 Å². The maximum Gasteiger partial charge on any atom is 0.459 e. The molecule has 2 aromatic carbocycles. The van der Waals surface area contributed by atoms with E-state index in [1.165, 1.54) is 6.07 Å². The number of fused-ring (bicyclic) bond motifs is 1. The van der Waals surface area contributed by atoms with Gasteiger partial charge in [0.1, 0.15) is 5.52 Å². The summed E-state index contributed by atoms with van der Waals surface area (Å²) in [7, 11) is 0. The van der Waals surface area contributed by atoms with Gasteiger partial charge in [-0.2, -0.15) is 35.8 Å². The Kier molecular flexibility index (Phi) is 5.14. The molecule has 1 aromatic heterocycles. The lowest BCUT2D eigenvalue weighted by atomic mass is 10.0. The highest BCUT2D eigenvalue weighted by atomic mass is 35.5. The molecular weight excluding hydrogens is 434 g/mol. The normalized spacial score (nSPS) is 13.1. The molecule has 0 aliphatic heterocycles. The first kappa shape index (κ1) is 21.2. The highest BCUT2D eigenvalue weighted by molar-refractivity contribution is 6.34. The third kappa shape index (κ3) is 3.59. The van der Waals surface area contributed by atoms with E-state index in [2.05, 4.69) is 10.2 Å². The molecule has 0 saturated carbocycles. The predicted octanol–water partition coefficient (Wildman–Crippen LogP) is 6.27. The molecule has 29 heavy (non-hydrogen) atoms. The third-order valence-corrected chi connectivity index (χ3v) is 4.49. The molecule has 3 rings (SSSR count). The van der Waals surface area contributed by atoms with E-state index >= 15 is 0 Å². The lowest BCUT2D eigenvalue weighted by molar-refractivity contribution is -0.350. The van der Waals surface area contributed by atoms with Crippen LogP contribution in [0.25, 0.3) is 22.0 Å². The first-order valence-corrected chi connectivity index (χ1v) is 8.22. The van der Waals surface area contributed by atoms with Crippen LogP contribution in [0, 0.1) is 5.82 Å². The van der Waals surface area contributed by atoms with Crippen LogP contribution in [0.1, 0.15) is 0 Å². The van der Waals surface area contributed by atoms with Crippen LogP contribution in [-0.2, 0) is 0 Å². The minimum Gasteiger partial charge on any atom is -0.362 e. The van der Waals surface area contributed by atoms with Crippen molar-refractivity contribution in [1.82, 2.24) is 10.2 Å². The number of benzene rings is 2. The van der Waals surface area contributed by atoms with E-state index in [0.717, 1.165) is 0 Å². The quantitative estimate of drug-likeness (QED) is 0.456. The van der Waals surface area contributed by atoms with E-state index in [0.29, 0.717) is 5.56 Å². The molecule has 0 spiro atoms. The zero-order valence-electron chi connectivity index (χ0n) is 14.0. The van der Waals surface area contributed by atoms with E-state index in [1.54, 1.807) is 35.6 Å². The fourth-order valence-corrected chi connectivity index (χ4v) is 2.83. The van der Waals surface area contributed by atoms with Gasteiger partial charge in [-0.3, -0.25) is 5.10 Å². The topological polar surface area (TPSA) is 40.7 Å². The molecular formula is C17H10ClF8N3. The van der Waals surface area contributed by atoms with Crippen molar-refractivity contribution in [2.24, 2.45) is 0 Å². The number of hydrogen-bond acceptors (Lipinski definition) is 2. The smallest absolute Gasteiger partial charge is 0.362 e. The Labute approximate surface area is 162 Å². The Morgan fingerprint density at radius 2 is 1.62 bits per heavy atom. The van der Waals surface area contributed by atoms with E-state index < -0.39 is 36.2 Å². The molecule has 156 valence electrons. The Morgan fingerprint density at radius 3 is 2.21 bits per heavy atom. The Bertz CT molecular complexity index is 1030. The summed E-state index contributed by atoms with van der Waals surface area (Å²) in [5.74, 6) is -13.3. The van der Waals surface area contributed by atoms with Crippen LogP contribution in [0.5, 0.6) is 0 Å². The molecule has 3 nitrogen and oxygen atoms in total. The molecule has 0 unspecified atom stereocenters. The molecule has 0 amide bonds. The molecule has 0 aliphatic carbocycles. The number of anilines is 1. The molecule has 12 heteroatoms. The second-order valence-corrected chi connectivity index (χ2v) is 6.42. The lowest BCUT2D eigenvalue weighted by Gasteiger charge is -2.28. The number of halogens is 9. The predicted molar refractivity (Wildman–Crippen MR) is 90.9 cm³/mol. The largest absolute Gasteiger partial charge is 0.459 e. The van der Waals surface area contributed by atoms with Crippen molar-refractivity contribution >= 4 is 28.3 Å². The SMILES string of the molecule is Fc1c(Cl)c(-c2ccccc2)cc2c(NCC(F)(F)C(F)(F)C(F)(F)F)n[nH]c12. The molecule has 3 aromatic rings. The second kappa shape index (κ2) is 7.05. The summed E-state index contributed by atoms with van der Waals surface area (Å²) in [5, 5.41) is 6.90. The van der Waals surface area contributed by atoms with Crippen molar-refractivity contribution in [3.63, 3.8) is 0 Å². The number of H-pyrrole nitrogens is 1. The van der Waals surface area contributed by atoms with Gasteiger partial charge in [-0.1, -0.05) is 41.9 Å². The molecule has 0 saturated heterocycles. The summed E-state index contributed by atoms with van der Waals surface area (Å²) < 4.78 is 104. The van der Waals surface area contributed by atoms with Crippen LogP contribution in [-0.4, -0.2) is 34.8 Å². The van der Waals surface area contributed by atoms with Gasteiger partial charge in [0.05, 0.1) is 11.6 Å². The number of hydrogen-bond donors (Lipinski definition) is 2. The van der Waals surface area contributed by atoms with Crippen LogP contribution in [0.15, 0.2) is 36.4 Å². The van der Waals surface area contributed by atoms with Crippen molar-refractivity contribution in [3.05, 3.63) is 47.2 Å². The molecule has 0 aliphatic rings. The summed E-state index contributed by atoms with van der Waals surface area (Å²) >= 11 is 5.99. The van der Waals surface area contributed by atoms with Gasteiger partial charge in [-0.15, -0.1) is 0 Å². The van der Waals surface area contributed by atoms with E-state index in [9.17, 15) is 35.1 Å². The van der Waals surface area contributed by atoms with Gasteiger partial charge in [0.15, 0.2) is 11.6 Å². The van der Waals surface area contributed by atoms with E-state index in [1.807, 2.05) is 0 Å². The van der Waals surface area contributed by atoms with Crippen molar-refractivity contribution < 1.29 is 35.1 Å². The molecule has 2 N–H and O–H groups in total. The van der Waals surface area contributed by atoms with Gasteiger partial charge in [0.25, 0.3) is 0 Å². The van der Waals surface area contributed by atoms with Gasteiger partial charge in [-0.25, -0.2) is 4.39 Å². The maximum atomic E-state index is 14.5. The number of aromatic amines is 1. The summed E-state index contributed by atoms with van der Waals surface area (Å²) in [4.78, 5) is 0. The van der Waals surface area contributed by atoms with Crippen LogP contribution >= 0.6 is 11.6 Å². The minimum atomic E-state index is -6.45.